The van der Waals surface area contributed by atoms with E-state index in [1.807, 2.05) is 0 Å². The Hall–Kier alpha value is -3.29. The summed E-state index contributed by atoms with van der Waals surface area (Å²) >= 11 is 0. The van der Waals surface area contributed by atoms with Gasteiger partial charge in [-0.3, -0.25) is 4.55 Å². The van der Waals surface area contributed by atoms with E-state index >= 15 is 0 Å². The molecule has 0 aliphatic carbocycles. The van der Waals surface area contributed by atoms with Crippen molar-refractivity contribution in [2.24, 2.45) is 5.73 Å². The van der Waals surface area contributed by atoms with Crippen molar-refractivity contribution in [1.82, 2.24) is 0 Å². The van der Waals surface area contributed by atoms with Crippen molar-refractivity contribution in [3.8, 4) is 17.2 Å². The first-order valence-electron chi connectivity index (χ1n) is 8.03. The average molecular weight is 381 g/mol. The third-order valence-electron chi connectivity index (χ3n) is 4.36. The molecule has 0 radical (unpaired) electrons. The van der Waals surface area contributed by atoms with Crippen LogP contribution in [0, 0.1) is 0 Å². The highest BCUT2D eigenvalue weighted by atomic mass is 32.2. The number of hydrogen-bond donors (Lipinski definition) is 3. The second kappa shape index (κ2) is 6.15. The molecule has 0 atom stereocenters. The van der Waals surface area contributed by atoms with E-state index < -0.39 is 10.1 Å². The summed E-state index contributed by atoms with van der Waals surface area (Å²) in [4.78, 5) is -0.207. The highest BCUT2D eigenvalue weighted by molar-refractivity contribution is 7.86. The summed E-state index contributed by atoms with van der Waals surface area (Å²) in [5.41, 5.74) is 7.09. The summed E-state index contributed by atoms with van der Waals surface area (Å²) in [6.07, 6.45) is 1.42. The van der Waals surface area contributed by atoms with E-state index in [2.05, 4.69) is 0 Å². The minimum atomic E-state index is -4.45. The molecule has 1 aliphatic heterocycles. The molecule has 0 spiro atoms. The molecule has 0 aromatic heterocycles. The van der Waals surface area contributed by atoms with Crippen LogP contribution in [0.2, 0.25) is 0 Å². The van der Waals surface area contributed by atoms with Gasteiger partial charge in [0.25, 0.3) is 10.1 Å². The van der Waals surface area contributed by atoms with Crippen LogP contribution < -0.4 is 20.9 Å². The van der Waals surface area contributed by atoms with E-state index in [0.717, 1.165) is 5.22 Å². The molecule has 0 saturated carbocycles. The van der Waals surface area contributed by atoms with Crippen molar-refractivity contribution in [3.05, 3.63) is 82.2 Å². The van der Waals surface area contributed by atoms with Gasteiger partial charge in [-0.05, 0) is 35.6 Å². The number of aromatic hydroxyl groups is 1. The fraction of sp³-hybridized carbons (Fsp3) is 0. The zero-order chi connectivity index (χ0) is 19.2. The van der Waals surface area contributed by atoms with E-state index in [4.69, 9.17) is 10.5 Å². The van der Waals surface area contributed by atoms with Crippen LogP contribution in [0.4, 0.5) is 0 Å². The molecule has 0 amide bonds. The Morgan fingerprint density at radius 2 is 1.70 bits per heavy atom. The summed E-state index contributed by atoms with van der Waals surface area (Å²) in [6, 6.07) is 16.1. The molecule has 0 fully saturated rings. The molecular weight excluding hydrogens is 366 g/mol. The van der Waals surface area contributed by atoms with Gasteiger partial charge in [0.05, 0.1) is 0 Å². The quantitative estimate of drug-likeness (QED) is 0.456. The van der Waals surface area contributed by atoms with Crippen molar-refractivity contribution in [3.63, 3.8) is 0 Å². The van der Waals surface area contributed by atoms with Crippen LogP contribution >= 0.6 is 0 Å². The summed E-state index contributed by atoms with van der Waals surface area (Å²) in [5, 5.41) is 11.2. The first-order chi connectivity index (χ1) is 12.9. The fourth-order valence-corrected chi connectivity index (χ4v) is 3.89. The lowest BCUT2D eigenvalue weighted by Gasteiger charge is -2.22. The number of phenolic OH excluding ortho intramolecular Hbond substituents is 1. The number of ether oxygens (including phenoxy) is 1. The second-order valence-corrected chi connectivity index (χ2v) is 7.44. The lowest BCUT2D eigenvalue weighted by molar-refractivity contribution is 0.449. The second-order valence-electron chi connectivity index (χ2n) is 6.05. The normalized spacial score (nSPS) is 13.7. The highest BCUT2D eigenvalue weighted by Gasteiger charge is 2.25. The zero-order valence-electron chi connectivity index (χ0n) is 14.0. The van der Waals surface area contributed by atoms with Crippen LogP contribution in [-0.4, -0.2) is 18.1 Å². The summed E-state index contributed by atoms with van der Waals surface area (Å²) < 4.78 is 39.4. The molecule has 0 bridgehead atoms. The van der Waals surface area contributed by atoms with Gasteiger partial charge >= 0.3 is 0 Å². The lowest BCUT2D eigenvalue weighted by Crippen LogP contribution is -2.21. The minimum absolute atomic E-state index is 0.0150. The Balaban J connectivity index is 2.18. The fourth-order valence-electron chi connectivity index (χ4n) is 3.19. The number of benzene rings is 3. The first-order valence-corrected chi connectivity index (χ1v) is 9.47. The molecule has 27 heavy (non-hydrogen) atoms. The Kier molecular flexibility index (Phi) is 3.91. The maximum absolute atomic E-state index is 11.9. The summed E-state index contributed by atoms with van der Waals surface area (Å²) in [7, 11) is -4.45. The number of phenols is 1. The highest BCUT2D eigenvalue weighted by Crippen LogP contribution is 2.39. The van der Waals surface area contributed by atoms with Crippen LogP contribution in [-0.2, 0) is 10.1 Å². The molecule has 7 heteroatoms. The van der Waals surface area contributed by atoms with E-state index in [0.29, 0.717) is 33.4 Å². The Labute approximate surface area is 155 Å². The molecule has 6 nitrogen and oxygen atoms in total. The molecular formula is C20H15NO5S. The standard InChI is InChI=1S/C20H15NO5S/c21-11-12-5-7-14-17(9-12)26-18-10-13(22)6-8-15(18)20(14)16-3-1-2-4-19(16)27(23,24)25/h1-11,22H,21H2,(H,23,24,25)/b12-11+. The topological polar surface area (TPSA) is 110 Å². The molecule has 3 aromatic rings. The summed E-state index contributed by atoms with van der Waals surface area (Å²) in [6.45, 7) is 0. The molecule has 0 saturated heterocycles. The van der Waals surface area contributed by atoms with Gasteiger partial charge in [0.1, 0.15) is 22.1 Å². The van der Waals surface area contributed by atoms with Crippen molar-refractivity contribution in [2.45, 2.75) is 4.90 Å². The molecule has 0 unspecified atom stereocenters. The van der Waals surface area contributed by atoms with Crippen LogP contribution in [0.1, 0.15) is 11.1 Å². The molecule has 1 heterocycles. The third kappa shape index (κ3) is 2.92. The molecule has 1 aliphatic rings. The maximum atomic E-state index is 11.9. The SMILES string of the molecule is N/C=c1\ccc2c(c1)Oc1cc(O)ccc1C=2c1ccccc1S(=O)(=O)O. The van der Waals surface area contributed by atoms with Crippen molar-refractivity contribution in [1.29, 1.82) is 0 Å². The van der Waals surface area contributed by atoms with Gasteiger partial charge in [0, 0.05) is 34.2 Å². The Bertz CT molecular complexity index is 1300. The molecule has 4 rings (SSSR count). The summed E-state index contributed by atoms with van der Waals surface area (Å²) in [5.74, 6) is 0.852. The number of hydrogen-bond acceptors (Lipinski definition) is 5. The molecule has 136 valence electrons. The van der Waals surface area contributed by atoms with Gasteiger partial charge in [-0.15, -0.1) is 0 Å². The van der Waals surface area contributed by atoms with Gasteiger partial charge < -0.3 is 15.6 Å². The average Bonchev–Trinajstić information content (AvgIpc) is 2.64. The number of fused-ring (bicyclic) bond motifs is 2. The number of rotatable bonds is 2. The monoisotopic (exact) mass is 381 g/mol. The van der Waals surface area contributed by atoms with Crippen molar-refractivity contribution in [2.75, 3.05) is 0 Å². The largest absolute Gasteiger partial charge is 0.508 e. The number of nitrogens with two attached hydrogens (primary N) is 1. The predicted molar refractivity (Wildman–Crippen MR) is 100 cm³/mol. The van der Waals surface area contributed by atoms with Crippen molar-refractivity contribution < 1.29 is 22.8 Å². The smallest absolute Gasteiger partial charge is 0.295 e. The van der Waals surface area contributed by atoms with Crippen LogP contribution in [0.15, 0.2) is 65.6 Å². The predicted octanol–water partition coefficient (Wildman–Crippen LogP) is 1.69. The first kappa shape index (κ1) is 17.1. The van der Waals surface area contributed by atoms with E-state index in [1.165, 1.54) is 30.5 Å². The third-order valence-corrected chi connectivity index (χ3v) is 5.27. The van der Waals surface area contributed by atoms with E-state index in [-0.39, 0.29) is 10.6 Å². The van der Waals surface area contributed by atoms with Crippen LogP contribution in [0.3, 0.4) is 0 Å². The van der Waals surface area contributed by atoms with E-state index in [9.17, 15) is 18.1 Å². The van der Waals surface area contributed by atoms with Gasteiger partial charge in [-0.1, -0.05) is 24.3 Å². The van der Waals surface area contributed by atoms with Gasteiger partial charge in [0.15, 0.2) is 0 Å². The zero-order valence-corrected chi connectivity index (χ0v) is 14.8. The minimum Gasteiger partial charge on any atom is -0.508 e. The Morgan fingerprint density at radius 1 is 0.926 bits per heavy atom. The van der Waals surface area contributed by atoms with Gasteiger partial charge in [-0.25, -0.2) is 0 Å². The maximum Gasteiger partial charge on any atom is 0.295 e. The molecule has 3 aromatic carbocycles. The van der Waals surface area contributed by atoms with Crippen molar-refractivity contribution >= 4 is 21.9 Å². The molecule has 4 N–H and O–H groups in total. The van der Waals surface area contributed by atoms with Gasteiger partial charge in [-0.2, -0.15) is 8.42 Å². The van der Waals surface area contributed by atoms with Crippen LogP contribution in [0.5, 0.6) is 17.2 Å². The van der Waals surface area contributed by atoms with Gasteiger partial charge in [0.2, 0.25) is 0 Å². The van der Waals surface area contributed by atoms with Crippen LogP contribution in [0.25, 0.3) is 11.8 Å². The lowest BCUT2D eigenvalue weighted by atomic mass is 9.92. The van der Waals surface area contributed by atoms with E-state index in [1.54, 1.807) is 36.4 Å². The Morgan fingerprint density at radius 3 is 2.44 bits per heavy atom.